The first-order chi connectivity index (χ1) is 18.3. The fourth-order valence-electron chi connectivity index (χ4n) is 5.77. The Hall–Kier alpha value is -0.790. The molecule has 0 atom stereocenters. The third kappa shape index (κ3) is 19.9. The number of imidazole rings is 1. The Morgan fingerprint density at radius 2 is 0.838 bits per heavy atom. The molecule has 0 aliphatic heterocycles. The van der Waals surface area contributed by atoms with Crippen LogP contribution in [0.2, 0.25) is 0 Å². The average Bonchev–Trinajstić information content (AvgIpc) is 3.29. The summed E-state index contributed by atoms with van der Waals surface area (Å²) in [6, 6.07) is 0. The molecule has 1 aromatic rings. The normalized spacial score (nSPS) is 11.5. The molecule has 0 radical (unpaired) electrons. The van der Waals surface area contributed by atoms with Crippen molar-refractivity contribution in [2.24, 2.45) is 0 Å². The van der Waals surface area contributed by atoms with E-state index >= 15 is 0 Å². The van der Waals surface area contributed by atoms with Gasteiger partial charge in [0.25, 0.3) is 5.82 Å². The van der Waals surface area contributed by atoms with E-state index in [1.807, 2.05) is 0 Å². The molecule has 218 valence electrons. The third-order valence-corrected chi connectivity index (χ3v) is 8.35. The highest BCUT2D eigenvalue weighted by molar-refractivity contribution is 4.84. The van der Waals surface area contributed by atoms with E-state index in [4.69, 9.17) is 0 Å². The average molecular weight is 518 g/mol. The zero-order chi connectivity index (χ0) is 26.7. The van der Waals surface area contributed by atoms with Gasteiger partial charge in [-0.05, 0) is 25.7 Å². The van der Waals surface area contributed by atoms with Crippen LogP contribution in [0.4, 0.5) is 0 Å². The standard InChI is InChI=1S/C35H69N2/c1-4-7-10-12-14-15-16-17-18-19-20-21-22-23-25-27-29-32-37-34-33-36(31-9-6-3)35(37)30-28-26-24-13-11-8-5-2/h33-34H,4-32H2,1-3H3/q+1. The van der Waals surface area contributed by atoms with Gasteiger partial charge in [0, 0.05) is 6.42 Å². The number of rotatable bonds is 29. The summed E-state index contributed by atoms with van der Waals surface area (Å²) in [5, 5.41) is 0. The van der Waals surface area contributed by atoms with Gasteiger partial charge in [-0.3, -0.25) is 0 Å². The molecule has 0 spiro atoms. The van der Waals surface area contributed by atoms with Crippen LogP contribution in [0.5, 0.6) is 0 Å². The van der Waals surface area contributed by atoms with Crippen LogP contribution in [-0.2, 0) is 19.5 Å². The van der Waals surface area contributed by atoms with Crippen LogP contribution in [0.1, 0.15) is 194 Å². The lowest BCUT2D eigenvalue weighted by Gasteiger charge is -2.06. The summed E-state index contributed by atoms with van der Waals surface area (Å²) < 4.78 is 5.16. The Balaban J connectivity index is 2.06. The maximum Gasteiger partial charge on any atom is 0.256 e. The van der Waals surface area contributed by atoms with E-state index < -0.39 is 0 Å². The second-order valence-corrected chi connectivity index (χ2v) is 12.0. The zero-order valence-electron chi connectivity index (χ0n) is 26.1. The molecule has 0 unspecified atom stereocenters. The summed E-state index contributed by atoms with van der Waals surface area (Å²) in [6.07, 6.45) is 43.1. The maximum absolute atomic E-state index is 2.60. The third-order valence-electron chi connectivity index (χ3n) is 8.35. The molecule has 0 bridgehead atoms. The summed E-state index contributed by atoms with van der Waals surface area (Å²) in [7, 11) is 0. The van der Waals surface area contributed by atoms with Crippen LogP contribution < -0.4 is 4.57 Å². The van der Waals surface area contributed by atoms with Gasteiger partial charge in [0.15, 0.2) is 0 Å². The van der Waals surface area contributed by atoms with Crippen LogP contribution in [0.3, 0.4) is 0 Å². The summed E-state index contributed by atoms with van der Waals surface area (Å²) in [5.74, 6) is 1.60. The molecule has 0 saturated heterocycles. The number of aryl methyl sites for hydroxylation is 2. The SMILES string of the molecule is CCCCCCCCCCCCCCCCCCC[n+]1ccn(CCCC)c1CCCCCCCCC. The smallest absolute Gasteiger partial charge is 0.234 e. The van der Waals surface area contributed by atoms with Gasteiger partial charge in [-0.25, -0.2) is 9.13 Å². The summed E-state index contributed by atoms with van der Waals surface area (Å²) >= 11 is 0. The number of aromatic nitrogens is 2. The second kappa shape index (κ2) is 26.8. The molecule has 1 rings (SSSR count). The van der Waals surface area contributed by atoms with Gasteiger partial charge >= 0.3 is 0 Å². The first kappa shape index (κ1) is 34.2. The van der Waals surface area contributed by atoms with Crippen LogP contribution in [0.25, 0.3) is 0 Å². The van der Waals surface area contributed by atoms with Crippen molar-refractivity contribution in [3.63, 3.8) is 0 Å². The molecule has 0 fully saturated rings. The van der Waals surface area contributed by atoms with Gasteiger partial charge < -0.3 is 0 Å². The number of nitrogens with zero attached hydrogens (tertiary/aromatic N) is 2. The molecule has 1 aromatic heterocycles. The fourth-order valence-corrected chi connectivity index (χ4v) is 5.77. The summed E-state index contributed by atoms with van der Waals surface area (Å²) in [6.45, 7) is 9.35. The molecule has 0 saturated carbocycles. The van der Waals surface area contributed by atoms with Crippen LogP contribution in [0, 0.1) is 0 Å². The van der Waals surface area contributed by atoms with Gasteiger partial charge in [0.2, 0.25) is 0 Å². The molecule has 2 heteroatoms. The van der Waals surface area contributed by atoms with Crippen molar-refractivity contribution in [3.8, 4) is 0 Å². The first-order valence-electron chi connectivity index (χ1n) is 17.4. The molecule has 0 N–H and O–H groups in total. The van der Waals surface area contributed by atoms with Crippen molar-refractivity contribution in [1.82, 2.24) is 4.57 Å². The molecule has 0 aromatic carbocycles. The van der Waals surface area contributed by atoms with E-state index in [9.17, 15) is 0 Å². The van der Waals surface area contributed by atoms with Gasteiger partial charge in [0.05, 0.1) is 13.1 Å². The molecule has 1 heterocycles. The number of hydrogen-bond acceptors (Lipinski definition) is 0. The quantitative estimate of drug-likeness (QED) is 0.0737. The molecular weight excluding hydrogens is 448 g/mol. The van der Waals surface area contributed by atoms with E-state index in [-0.39, 0.29) is 0 Å². The van der Waals surface area contributed by atoms with Gasteiger partial charge in [-0.2, -0.15) is 0 Å². The van der Waals surface area contributed by atoms with Crippen LogP contribution in [-0.4, -0.2) is 4.57 Å². The lowest BCUT2D eigenvalue weighted by Crippen LogP contribution is -2.37. The van der Waals surface area contributed by atoms with E-state index in [1.165, 1.54) is 186 Å². The number of unbranched alkanes of at least 4 members (excludes halogenated alkanes) is 23. The lowest BCUT2D eigenvalue weighted by molar-refractivity contribution is -0.704. The Labute approximate surface area is 234 Å². The van der Waals surface area contributed by atoms with E-state index in [0.717, 1.165) is 0 Å². The molecular formula is C35H69N2+. The Kier molecular flexibility index (Phi) is 24.8. The fraction of sp³-hybridized carbons (Fsp3) is 0.914. The first-order valence-corrected chi connectivity index (χ1v) is 17.4. The maximum atomic E-state index is 2.60. The highest BCUT2D eigenvalue weighted by atomic mass is 15.1. The highest BCUT2D eigenvalue weighted by Crippen LogP contribution is 2.15. The highest BCUT2D eigenvalue weighted by Gasteiger charge is 2.16. The second-order valence-electron chi connectivity index (χ2n) is 12.0. The van der Waals surface area contributed by atoms with Crippen LogP contribution in [0.15, 0.2) is 12.4 Å². The van der Waals surface area contributed by atoms with Crippen molar-refractivity contribution >= 4 is 0 Å². The van der Waals surface area contributed by atoms with E-state index in [2.05, 4.69) is 42.3 Å². The minimum absolute atomic E-state index is 1.20. The number of hydrogen-bond donors (Lipinski definition) is 0. The minimum Gasteiger partial charge on any atom is -0.234 e. The van der Waals surface area contributed by atoms with Crippen molar-refractivity contribution in [1.29, 1.82) is 0 Å². The Morgan fingerprint density at radius 1 is 0.459 bits per heavy atom. The molecule has 0 amide bonds. The molecule has 0 aliphatic carbocycles. The Morgan fingerprint density at radius 3 is 1.27 bits per heavy atom. The van der Waals surface area contributed by atoms with Crippen molar-refractivity contribution < 1.29 is 4.57 Å². The van der Waals surface area contributed by atoms with Crippen LogP contribution >= 0.6 is 0 Å². The van der Waals surface area contributed by atoms with Gasteiger partial charge in [-0.1, -0.05) is 162 Å². The van der Waals surface area contributed by atoms with Crippen molar-refractivity contribution in [3.05, 3.63) is 18.2 Å². The van der Waals surface area contributed by atoms with Gasteiger partial charge in [0.1, 0.15) is 12.4 Å². The predicted molar refractivity (Wildman–Crippen MR) is 165 cm³/mol. The van der Waals surface area contributed by atoms with E-state index in [1.54, 1.807) is 5.82 Å². The lowest BCUT2D eigenvalue weighted by atomic mass is 10.0. The summed E-state index contributed by atoms with van der Waals surface area (Å²) in [4.78, 5) is 0. The topological polar surface area (TPSA) is 8.81 Å². The largest absolute Gasteiger partial charge is 0.256 e. The van der Waals surface area contributed by atoms with E-state index in [0.29, 0.717) is 0 Å². The van der Waals surface area contributed by atoms with Crippen molar-refractivity contribution in [2.45, 2.75) is 207 Å². The monoisotopic (exact) mass is 518 g/mol. The predicted octanol–water partition coefficient (Wildman–Crippen LogP) is 11.5. The minimum atomic E-state index is 1.20. The summed E-state index contributed by atoms with van der Waals surface area (Å²) in [5.41, 5.74) is 0. The Bertz CT molecular complexity index is 576. The van der Waals surface area contributed by atoms with Gasteiger partial charge in [-0.15, -0.1) is 0 Å². The molecule has 2 nitrogen and oxygen atoms in total. The molecule has 37 heavy (non-hydrogen) atoms. The zero-order valence-corrected chi connectivity index (χ0v) is 26.1. The van der Waals surface area contributed by atoms with Crippen molar-refractivity contribution in [2.75, 3.05) is 0 Å². The molecule has 0 aliphatic rings.